The molecule has 2 aromatic carbocycles. The minimum Gasteiger partial charge on any atom is -0.496 e. The van der Waals surface area contributed by atoms with Crippen molar-refractivity contribution in [2.24, 2.45) is 0 Å². The van der Waals surface area contributed by atoms with Crippen LogP contribution in [0.2, 0.25) is 0 Å². The van der Waals surface area contributed by atoms with Gasteiger partial charge in [0.2, 0.25) is 10.0 Å². The van der Waals surface area contributed by atoms with Crippen LogP contribution in [0.15, 0.2) is 47.4 Å². The zero-order valence-corrected chi connectivity index (χ0v) is 16.1. The van der Waals surface area contributed by atoms with Crippen LogP contribution in [0.3, 0.4) is 0 Å². The predicted octanol–water partition coefficient (Wildman–Crippen LogP) is 3.22. The van der Waals surface area contributed by atoms with Crippen LogP contribution in [0, 0.1) is 6.92 Å². The number of nitrogens with one attached hydrogen (secondary N) is 1. The van der Waals surface area contributed by atoms with E-state index < -0.39 is 22.0 Å². The molecule has 0 aromatic heterocycles. The highest BCUT2D eigenvalue weighted by Gasteiger charge is 2.22. The lowest BCUT2D eigenvalue weighted by Crippen LogP contribution is -2.28. The number of sulfonamides is 1. The van der Waals surface area contributed by atoms with Gasteiger partial charge in [0.25, 0.3) is 0 Å². The second-order valence-corrected chi connectivity index (χ2v) is 7.54. The fourth-order valence-corrected chi connectivity index (χ4v) is 4.02. The molecule has 0 fully saturated rings. The molecule has 0 aliphatic carbocycles. The molecule has 6 nitrogen and oxygen atoms in total. The molecule has 0 saturated carbocycles. The van der Waals surface area contributed by atoms with Gasteiger partial charge in [0.1, 0.15) is 5.75 Å². The van der Waals surface area contributed by atoms with Gasteiger partial charge >= 0.3 is 5.97 Å². The summed E-state index contributed by atoms with van der Waals surface area (Å²) in [5.74, 6) is 0.164. The number of rotatable bonds is 7. The molecule has 0 heterocycles. The molecular weight excluding hydrogens is 354 g/mol. The number of carbonyl (C=O) groups excluding carboxylic acids is 1. The Hall–Kier alpha value is -2.38. The minimum absolute atomic E-state index is 0.0177. The summed E-state index contributed by atoms with van der Waals surface area (Å²) >= 11 is 0. The van der Waals surface area contributed by atoms with Crippen LogP contribution in [0.4, 0.5) is 0 Å². The second kappa shape index (κ2) is 8.33. The van der Waals surface area contributed by atoms with Crippen molar-refractivity contribution in [3.05, 3.63) is 59.2 Å². The summed E-state index contributed by atoms with van der Waals surface area (Å²) in [7, 11) is -0.957. The number of carbonyl (C=O) groups is 1. The number of hydrogen-bond acceptors (Lipinski definition) is 5. The molecule has 26 heavy (non-hydrogen) atoms. The number of aryl methyl sites for hydroxylation is 1. The molecule has 1 atom stereocenters. The highest BCUT2D eigenvalue weighted by molar-refractivity contribution is 7.89. The maximum atomic E-state index is 12.8. The van der Waals surface area contributed by atoms with Crippen LogP contribution in [-0.4, -0.2) is 28.6 Å². The molecule has 140 valence electrons. The Morgan fingerprint density at radius 1 is 1.15 bits per heavy atom. The third-order valence-electron chi connectivity index (χ3n) is 4.09. The average molecular weight is 377 g/mol. The molecule has 0 aliphatic rings. The van der Waals surface area contributed by atoms with E-state index in [0.29, 0.717) is 6.42 Å². The van der Waals surface area contributed by atoms with Gasteiger partial charge in [-0.1, -0.05) is 25.1 Å². The van der Waals surface area contributed by atoms with Crippen LogP contribution in [-0.2, 0) is 14.8 Å². The Kier molecular flexibility index (Phi) is 6.39. The van der Waals surface area contributed by atoms with Gasteiger partial charge in [-0.05, 0) is 48.7 Å². The van der Waals surface area contributed by atoms with Gasteiger partial charge < -0.3 is 9.47 Å². The first kappa shape index (κ1) is 19.9. The maximum absolute atomic E-state index is 12.8. The van der Waals surface area contributed by atoms with Crippen LogP contribution in [0.5, 0.6) is 5.75 Å². The third-order valence-corrected chi connectivity index (χ3v) is 5.56. The molecule has 0 saturated heterocycles. The van der Waals surface area contributed by atoms with Gasteiger partial charge in [0, 0.05) is 6.04 Å². The average Bonchev–Trinajstić information content (AvgIpc) is 2.65. The molecular formula is C19H23NO5S. The number of ether oxygens (including phenoxy) is 2. The van der Waals surface area contributed by atoms with E-state index in [9.17, 15) is 13.2 Å². The number of benzene rings is 2. The summed E-state index contributed by atoms with van der Waals surface area (Å²) in [6, 6.07) is 10.9. The Labute approximate surface area is 154 Å². The Morgan fingerprint density at radius 3 is 2.46 bits per heavy atom. The highest BCUT2D eigenvalue weighted by Crippen LogP contribution is 2.26. The zero-order chi connectivity index (χ0) is 19.3. The molecule has 1 N–H and O–H groups in total. The quantitative estimate of drug-likeness (QED) is 0.749. The van der Waals surface area contributed by atoms with Gasteiger partial charge in [-0.3, -0.25) is 0 Å². The summed E-state index contributed by atoms with van der Waals surface area (Å²) in [5, 5.41) is 0. The number of hydrogen-bond donors (Lipinski definition) is 1. The van der Waals surface area contributed by atoms with Crippen LogP contribution in [0.1, 0.15) is 40.9 Å². The normalized spacial score (nSPS) is 12.5. The molecule has 2 aromatic rings. The summed E-state index contributed by atoms with van der Waals surface area (Å²) in [6.45, 7) is 3.81. The molecule has 2 rings (SSSR count). The highest BCUT2D eigenvalue weighted by atomic mass is 32.2. The van der Waals surface area contributed by atoms with Crippen LogP contribution >= 0.6 is 0 Å². The maximum Gasteiger partial charge on any atom is 0.337 e. The first-order chi connectivity index (χ1) is 12.3. The second-order valence-electron chi connectivity index (χ2n) is 5.83. The van der Waals surface area contributed by atoms with Crippen molar-refractivity contribution in [3.63, 3.8) is 0 Å². The van der Waals surface area contributed by atoms with Gasteiger partial charge in [0.05, 0.1) is 24.7 Å². The molecule has 0 amide bonds. The number of methoxy groups -OCH3 is 2. The third kappa shape index (κ3) is 4.42. The van der Waals surface area contributed by atoms with Crippen molar-refractivity contribution in [1.82, 2.24) is 4.72 Å². The molecule has 0 bridgehead atoms. The topological polar surface area (TPSA) is 81.7 Å². The summed E-state index contributed by atoms with van der Waals surface area (Å²) in [4.78, 5) is 11.7. The Balaban J connectivity index is 2.32. The van der Waals surface area contributed by atoms with Gasteiger partial charge in [0.15, 0.2) is 0 Å². The lowest BCUT2D eigenvalue weighted by molar-refractivity contribution is 0.0600. The van der Waals surface area contributed by atoms with Crippen molar-refractivity contribution in [2.45, 2.75) is 31.2 Å². The molecule has 0 aliphatic heterocycles. The summed E-state index contributed by atoms with van der Waals surface area (Å²) < 4.78 is 38.1. The Morgan fingerprint density at radius 2 is 1.88 bits per heavy atom. The number of esters is 1. The first-order valence-electron chi connectivity index (χ1n) is 8.17. The van der Waals surface area contributed by atoms with E-state index in [1.807, 2.05) is 32.0 Å². The van der Waals surface area contributed by atoms with E-state index >= 15 is 0 Å². The molecule has 7 heteroatoms. The zero-order valence-electron chi connectivity index (χ0n) is 15.3. The minimum atomic E-state index is -3.80. The van der Waals surface area contributed by atoms with E-state index in [0.717, 1.165) is 16.9 Å². The molecule has 0 spiro atoms. The largest absolute Gasteiger partial charge is 0.496 e. The van der Waals surface area contributed by atoms with Crippen LogP contribution < -0.4 is 9.46 Å². The Bertz CT molecular complexity index is 893. The summed E-state index contributed by atoms with van der Waals surface area (Å²) in [6.07, 6.45) is 0.571. The first-order valence-corrected chi connectivity index (χ1v) is 9.66. The van der Waals surface area contributed by atoms with Gasteiger partial charge in [-0.2, -0.15) is 0 Å². The summed E-state index contributed by atoms with van der Waals surface area (Å²) in [5.41, 5.74) is 1.96. The monoisotopic (exact) mass is 377 g/mol. The van der Waals surface area contributed by atoms with E-state index in [1.54, 1.807) is 7.11 Å². The van der Waals surface area contributed by atoms with Crippen molar-refractivity contribution in [3.8, 4) is 5.75 Å². The van der Waals surface area contributed by atoms with Crippen molar-refractivity contribution in [1.29, 1.82) is 0 Å². The van der Waals surface area contributed by atoms with E-state index in [4.69, 9.17) is 4.74 Å². The SMILES string of the molecule is CC[C@@H](NS(=O)(=O)c1cccc(C(=O)OC)c1)c1ccc(OC)c(C)c1. The van der Waals surface area contributed by atoms with Crippen LogP contribution in [0.25, 0.3) is 0 Å². The predicted molar refractivity (Wildman–Crippen MR) is 98.9 cm³/mol. The lowest BCUT2D eigenvalue weighted by atomic mass is 10.0. The smallest absolute Gasteiger partial charge is 0.337 e. The van der Waals surface area contributed by atoms with Gasteiger partial charge in [-0.15, -0.1) is 0 Å². The van der Waals surface area contributed by atoms with Crippen molar-refractivity contribution < 1.29 is 22.7 Å². The molecule has 0 radical (unpaired) electrons. The fraction of sp³-hybridized carbons (Fsp3) is 0.316. The standard InChI is InChI=1S/C19H23NO5S/c1-5-17(14-9-10-18(24-3)13(2)11-14)20-26(22,23)16-8-6-7-15(12-16)19(21)25-4/h6-12,17,20H,5H2,1-4H3/t17-/m1/s1. The van der Waals surface area contributed by atoms with E-state index in [1.165, 1.54) is 31.4 Å². The fourth-order valence-electron chi connectivity index (χ4n) is 2.67. The van der Waals surface area contributed by atoms with E-state index in [-0.39, 0.29) is 10.5 Å². The van der Waals surface area contributed by atoms with E-state index in [2.05, 4.69) is 9.46 Å². The van der Waals surface area contributed by atoms with Gasteiger partial charge in [-0.25, -0.2) is 17.9 Å². The van der Waals surface area contributed by atoms with Crippen molar-refractivity contribution in [2.75, 3.05) is 14.2 Å². The van der Waals surface area contributed by atoms with Crippen molar-refractivity contribution >= 4 is 16.0 Å². The lowest BCUT2D eigenvalue weighted by Gasteiger charge is -2.19. The molecule has 0 unspecified atom stereocenters.